The number of aliphatic hydroxyl groups is 1. The van der Waals surface area contributed by atoms with Crippen molar-refractivity contribution in [2.45, 2.75) is 25.4 Å². The lowest BCUT2D eigenvalue weighted by molar-refractivity contribution is 0.165. The van der Waals surface area contributed by atoms with Gasteiger partial charge in [0.2, 0.25) is 0 Å². The second-order valence-corrected chi connectivity index (χ2v) is 5.26. The predicted octanol–water partition coefficient (Wildman–Crippen LogP) is 3.52. The highest BCUT2D eigenvalue weighted by Crippen LogP contribution is 2.22. The first-order valence-electron chi connectivity index (χ1n) is 6.16. The fourth-order valence-corrected chi connectivity index (χ4v) is 2.37. The Bertz CT molecular complexity index is 533. The van der Waals surface area contributed by atoms with Crippen LogP contribution in [0.25, 0.3) is 0 Å². The third kappa shape index (κ3) is 4.11. The molecule has 0 saturated carbocycles. The largest absolute Gasteiger partial charge is 0.393 e. The maximum absolute atomic E-state index is 13.3. The topological polar surface area (TPSA) is 33.1 Å². The molecule has 0 aliphatic heterocycles. The van der Waals surface area contributed by atoms with Gasteiger partial charge in [0.15, 0.2) is 0 Å². The number of hydrogen-bond acceptors (Lipinski definition) is 2. The van der Waals surface area contributed by atoms with E-state index in [0.717, 1.165) is 17.5 Å². The average Bonchev–Trinajstić information content (AvgIpc) is 2.43. The molecule has 100 valence electrons. The van der Waals surface area contributed by atoms with Crippen LogP contribution in [0.4, 0.5) is 4.39 Å². The van der Waals surface area contributed by atoms with Crippen LogP contribution in [-0.2, 0) is 12.8 Å². The van der Waals surface area contributed by atoms with Gasteiger partial charge in [-0.3, -0.25) is 4.98 Å². The lowest BCUT2D eigenvalue weighted by Gasteiger charge is -2.12. The van der Waals surface area contributed by atoms with Crippen molar-refractivity contribution in [1.82, 2.24) is 4.98 Å². The Labute approximate surface area is 120 Å². The summed E-state index contributed by atoms with van der Waals surface area (Å²) in [5.74, 6) is -0.293. The zero-order valence-electron chi connectivity index (χ0n) is 10.4. The number of aromatic nitrogens is 1. The van der Waals surface area contributed by atoms with E-state index in [2.05, 4.69) is 20.9 Å². The van der Waals surface area contributed by atoms with Gasteiger partial charge in [-0.1, -0.05) is 12.1 Å². The minimum absolute atomic E-state index is 0.293. The third-order valence-electron chi connectivity index (χ3n) is 3.00. The van der Waals surface area contributed by atoms with Crippen molar-refractivity contribution >= 4 is 15.9 Å². The Balaban J connectivity index is 1.91. The summed E-state index contributed by atoms with van der Waals surface area (Å²) in [6.07, 6.45) is 4.88. The van der Waals surface area contributed by atoms with Crippen LogP contribution in [0.15, 0.2) is 47.2 Å². The normalized spacial score (nSPS) is 12.4. The lowest BCUT2D eigenvalue weighted by Crippen LogP contribution is -2.12. The van der Waals surface area contributed by atoms with E-state index < -0.39 is 6.10 Å². The lowest BCUT2D eigenvalue weighted by atomic mass is 10.0. The van der Waals surface area contributed by atoms with Crippen molar-refractivity contribution in [3.05, 3.63) is 64.1 Å². The molecule has 1 N–H and O–H groups in total. The van der Waals surface area contributed by atoms with E-state index in [9.17, 15) is 9.50 Å². The molecule has 0 fully saturated rings. The number of nitrogens with zero attached hydrogens (tertiary/aromatic N) is 1. The summed E-state index contributed by atoms with van der Waals surface area (Å²) in [5, 5.41) is 10.0. The molecule has 2 nitrogen and oxygen atoms in total. The van der Waals surface area contributed by atoms with Gasteiger partial charge in [0, 0.05) is 12.4 Å². The van der Waals surface area contributed by atoms with Crippen molar-refractivity contribution in [2.24, 2.45) is 0 Å². The van der Waals surface area contributed by atoms with Gasteiger partial charge >= 0.3 is 0 Å². The minimum atomic E-state index is -0.480. The Morgan fingerprint density at radius 3 is 2.68 bits per heavy atom. The van der Waals surface area contributed by atoms with Crippen molar-refractivity contribution < 1.29 is 9.50 Å². The van der Waals surface area contributed by atoms with Gasteiger partial charge < -0.3 is 5.11 Å². The summed E-state index contributed by atoms with van der Waals surface area (Å²) in [6.45, 7) is 0. The summed E-state index contributed by atoms with van der Waals surface area (Å²) in [4.78, 5) is 3.95. The van der Waals surface area contributed by atoms with E-state index >= 15 is 0 Å². The minimum Gasteiger partial charge on any atom is -0.393 e. The highest BCUT2D eigenvalue weighted by molar-refractivity contribution is 9.10. The number of hydrogen-bond donors (Lipinski definition) is 1. The number of rotatable bonds is 5. The molecule has 2 rings (SSSR count). The highest BCUT2D eigenvalue weighted by Gasteiger charge is 2.11. The third-order valence-corrected chi connectivity index (χ3v) is 3.89. The molecule has 19 heavy (non-hydrogen) atoms. The first-order chi connectivity index (χ1) is 9.16. The molecule has 1 aromatic heterocycles. The van der Waals surface area contributed by atoms with Crippen LogP contribution in [0.2, 0.25) is 0 Å². The number of aryl methyl sites for hydroxylation is 1. The number of aliphatic hydroxyl groups excluding tert-OH is 1. The van der Waals surface area contributed by atoms with Crippen LogP contribution in [0.3, 0.4) is 0 Å². The highest BCUT2D eigenvalue weighted by atomic mass is 79.9. The number of pyridine rings is 1. The van der Waals surface area contributed by atoms with E-state index in [0.29, 0.717) is 17.3 Å². The summed E-state index contributed by atoms with van der Waals surface area (Å²) < 4.78 is 13.8. The smallest absolute Gasteiger partial charge is 0.137 e. The van der Waals surface area contributed by atoms with Gasteiger partial charge in [0.25, 0.3) is 0 Å². The molecule has 4 heteroatoms. The Morgan fingerprint density at radius 2 is 1.95 bits per heavy atom. The van der Waals surface area contributed by atoms with Gasteiger partial charge in [-0.15, -0.1) is 0 Å². The maximum atomic E-state index is 13.3. The van der Waals surface area contributed by atoms with E-state index in [1.54, 1.807) is 18.5 Å². The first kappa shape index (κ1) is 14.2. The van der Waals surface area contributed by atoms with Gasteiger partial charge in [-0.05, 0) is 64.5 Å². The van der Waals surface area contributed by atoms with Crippen molar-refractivity contribution in [3.8, 4) is 0 Å². The Morgan fingerprint density at radius 1 is 1.21 bits per heavy atom. The van der Waals surface area contributed by atoms with Crippen molar-refractivity contribution in [2.75, 3.05) is 0 Å². The summed E-state index contributed by atoms with van der Waals surface area (Å²) in [7, 11) is 0. The molecule has 1 heterocycles. The van der Waals surface area contributed by atoms with Crippen LogP contribution in [0, 0.1) is 5.82 Å². The summed E-state index contributed by atoms with van der Waals surface area (Å²) in [5.41, 5.74) is 1.94. The van der Waals surface area contributed by atoms with Gasteiger partial charge in [-0.25, -0.2) is 4.39 Å². The fourth-order valence-electron chi connectivity index (χ4n) is 1.94. The van der Waals surface area contributed by atoms with E-state index in [1.165, 1.54) is 6.07 Å². The second kappa shape index (κ2) is 6.78. The van der Waals surface area contributed by atoms with Crippen LogP contribution in [-0.4, -0.2) is 16.2 Å². The molecule has 0 aliphatic rings. The van der Waals surface area contributed by atoms with Crippen LogP contribution < -0.4 is 0 Å². The average molecular weight is 324 g/mol. The molecule has 2 aromatic rings. The number of benzene rings is 1. The monoisotopic (exact) mass is 323 g/mol. The molecule has 0 spiro atoms. The zero-order chi connectivity index (χ0) is 13.7. The molecule has 1 atom stereocenters. The van der Waals surface area contributed by atoms with E-state index in [1.807, 2.05) is 18.2 Å². The summed E-state index contributed by atoms with van der Waals surface area (Å²) in [6, 6.07) is 8.75. The van der Waals surface area contributed by atoms with Crippen LogP contribution in [0.5, 0.6) is 0 Å². The number of halogens is 2. The molecule has 1 aromatic carbocycles. The molecule has 0 aliphatic carbocycles. The van der Waals surface area contributed by atoms with Crippen LogP contribution in [0.1, 0.15) is 17.5 Å². The predicted molar refractivity (Wildman–Crippen MR) is 76.4 cm³/mol. The molecule has 0 saturated heterocycles. The van der Waals surface area contributed by atoms with Crippen molar-refractivity contribution in [3.63, 3.8) is 0 Å². The quantitative estimate of drug-likeness (QED) is 0.913. The first-order valence-corrected chi connectivity index (χ1v) is 6.96. The van der Waals surface area contributed by atoms with Gasteiger partial charge in [-0.2, -0.15) is 0 Å². The molecule has 0 radical (unpaired) electrons. The van der Waals surface area contributed by atoms with Gasteiger partial charge in [0.05, 0.1) is 10.6 Å². The molecule has 1 unspecified atom stereocenters. The SMILES string of the molecule is OC(CCc1ccncc1)Cc1cccc(F)c1Br. The maximum Gasteiger partial charge on any atom is 0.137 e. The van der Waals surface area contributed by atoms with Crippen molar-refractivity contribution in [1.29, 1.82) is 0 Å². The Hall–Kier alpha value is -1.26. The Kier molecular flexibility index (Phi) is 5.05. The van der Waals surface area contributed by atoms with E-state index in [4.69, 9.17) is 0 Å². The molecular weight excluding hydrogens is 309 g/mol. The molecule has 0 bridgehead atoms. The fraction of sp³-hybridized carbons (Fsp3) is 0.267. The molecular formula is C15H15BrFNO. The van der Waals surface area contributed by atoms with Crippen LogP contribution >= 0.6 is 15.9 Å². The zero-order valence-corrected chi connectivity index (χ0v) is 12.0. The molecule has 0 amide bonds. The second-order valence-electron chi connectivity index (χ2n) is 4.47. The summed E-state index contributed by atoms with van der Waals surface area (Å²) >= 11 is 3.21. The standard InChI is InChI=1S/C15H15BrFNO/c16-15-12(2-1-3-14(15)17)10-13(19)5-4-11-6-8-18-9-7-11/h1-3,6-9,13,19H,4-5,10H2. The van der Waals surface area contributed by atoms with Gasteiger partial charge in [0.1, 0.15) is 5.82 Å². The van der Waals surface area contributed by atoms with E-state index in [-0.39, 0.29) is 5.82 Å².